The van der Waals surface area contributed by atoms with E-state index in [1.165, 1.54) is 19.3 Å². The number of fused-ring (bicyclic) bond motifs is 2. The van der Waals surface area contributed by atoms with E-state index < -0.39 is 0 Å². The Hall–Kier alpha value is -1.75. The first-order valence-corrected chi connectivity index (χ1v) is 8.75. The van der Waals surface area contributed by atoms with Crippen molar-refractivity contribution in [2.45, 2.75) is 58.0 Å². The Morgan fingerprint density at radius 2 is 2.09 bits per heavy atom. The van der Waals surface area contributed by atoms with Gasteiger partial charge in [0.1, 0.15) is 5.82 Å². The summed E-state index contributed by atoms with van der Waals surface area (Å²) in [4.78, 5) is 4.86. The highest BCUT2D eigenvalue weighted by atomic mass is 16.7. The normalized spacial score (nSPS) is 20.6. The van der Waals surface area contributed by atoms with Gasteiger partial charge in [0, 0.05) is 30.6 Å². The van der Waals surface area contributed by atoms with Gasteiger partial charge in [-0.15, -0.1) is 0 Å². The third kappa shape index (κ3) is 2.78. The summed E-state index contributed by atoms with van der Waals surface area (Å²) in [5, 5.41) is 3.64. The fourth-order valence-electron chi connectivity index (χ4n) is 3.66. The zero-order valence-corrected chi connectivity index (χ0v) is 14.0. The number of ether oxygens (including phenoxy) is 2. The van der Waals surface area contributed by atoms with Crippen LogP contribution in [0, 0.1) is 0 Å². The van der Waals surface area contributed by atoms with E-state index in [0.29, 0.717) is 18.8 Å². The maximum Gasteiger partial charge on any atom is 0.231 e. The molecule has 1 atom stereocenters. The summed E-state index contributed by atoms with van der Waals surface area (Å²) in [7, 11) is 0. The highest BCUT2D eigenvalue weighted by molar-refractivity contribution is 5.81. The highest BCUT2D eigenvalue weighted by Gasteiger charge is 2.21. The van der Waals surface area contributed by atoms with Gasteiger partial charge in [-0.2, -0.15) is 0 Å². The second kappa shape index (κ2) is 6.04. The van der Waals surface area contributed by atoms with Gasteiger partial charge in [-0.25, -0.2) is 4.98 Å². The molecule has 1 saturated heterocycles. The molecule has 5 nitrogen and oxygen atoms in total. The van der Waals surface area contributed by atoms with Crippen LogP contribution in [-0.2, 0) is 6.54 Å². The van der Waals surface area contributed by atoms with Crippen molar-refractivity contribution in [3.05, 3.63) is 18.0 Å². The van der Waals surface area contributed by atoms with Gasteiger partial charge >= 0.3 is 0 Å². The number of hydrogen-bond donors (Lipinski definition) is 1. The lowest BCUT2D eigenvalue weighted by atomic mass is 10.0. The fraction of sp³-hybridized carbons (Fsp3) is 0.611. The number of nitrogens with one attached hydrogen (secondary N) is 1. The molecule has 0 bridgehead atoms. The summed E-state index contributed by atoms with van der Waals surface area (Å²) >= 11 is 0. The van der Waals surface area contributed by atoms with E-state index in [1.807, 2.05) is 6.07 Å². The van der Waals surface area contributed by atoms with Crippen LogP contribution in [0.1, 0.15) is 51.3 Å². The molecule has 0 amide bonds. The van der Waals surface area contributed by atoms with Gasteiger partial charge in [-0.1, -0.05) is 20.3 Å². The van der Waals surface area contributed by atoms with Crippen molar-refractivity contribution >= 4 is 11.0 Å². The number of piperidine rings is 1. The Morgan fingerprint density at radius 3 is 2.83 bits per heavy atom. The van der Waals surface area contributed by atoms with E-state index >= 15 is 0 Å². The molecule has 0 radical (unpaired) electrons. The molecule has 4 rings (SSSR count). The molecule has 3 heterocycles. The predicted octanol–water partition coefficient (Wildman–Crippen LogP) is 3.42. The Labute approximate surface area is 137 Å². The Bertz CT molecular complexity index is 702. The van der Waals surface area contributed by atoms with Gasteiger partial charge in [-0.3, -0.25) is 0 Å². The summed E-state index contributed by atoms with van der Waals surface area (Å²) in [5.41, 5.74) is 2.17. The third-order valence-electron chi connectivity index (χ3n) is 4.90. The molecule has 1 aromatic carbocycles. The summed E-state index contributed by atoms with van der Waals surface area (Å²) in [6.45, 7) is 6.88. The molecule has 1 fully saturated rings. The second-order valence-corrected chi connectivity index (χ2v) is 6.91. The number of imidazole rings is 1. The van der Waals surface area contributed by atoms with Crippen LogP contribution >= 0.6 is 0 Å². The maximum atomic E-state index is 5.55. The number of rotatable bonds is 4. The number of hydrogen-bond acceptors (Lipinski definition) is 4. The van der Waals surface area contributed by atoms with Crippen LogP contribution < -0.4 is 14.8 Å². The predicted molar refractivity (Wildman–Crippen MR) is 90.2 cm³/mol. The van der Waals surface area contributed by atoms with Gasteiger partial charge in [0.2, 0.25) is 6.79 Å². The monoisotopic (exact) mass is 315 g/mol. The summed E-state index contributed by atoms with van der Waals surface area (Å²) in [5.74, 6) is 3.20. The topological polar surface area (TPSA) is 48.3 Å². The van der Waals surface area contributed by atoms with Crippen LogP contribution in [-0.4, -0.2) is 28.9 Å². The molecule has 124 valence electrons. The molecule has 5 heteroatoms. The summed E-state index contributed by atoms with van der Waals surface area (Å²) in [6.07, 6.45) is 5.10. The van der Waals surface area contributed by atoms with E-state index in [4.69, 9.17) is 14.5 Å². The molecule has 1 unspecified atom stereocenters. The summed E-state index contributed by atoms with van der Waals surface area (Å²) < 4.78 is 13.4. The average Bonchev–Trinajstić information content (AvgIpc) is 3.15. The maximum absolute atomic E-state index is 5.55. The first kappa shape index (κ1) is 14.8. The molecule has 23 heavy (non-hydrogen) atoms. The lowest BCUT2D eigenvalue weighted by Crippen LogP contribution is -2.34. The van der Waals surface area contributed by atoms with Crippen molar-refractivity contribution < 1.29 is 9.47 Å². The molecule has 0 aliphatic carbocycles. The van der Waals surface area contributed by atoms with Crippen molar-refractivity contribution in [1.29, 1.82) is 0 Å². The van der Waals surface area contributed by atoms with Crippen LogP contribution in [0.4, 0.5) is 0 Å². The molecular weight excluding hydrogens is 290 g/mol. The van der Waals surface area contributed by atoms with Crippen molar-refractivity contribution in [2.24, 2.45) is 0 Å². The molecule has 2 aromatic rings. The zero-order chi connectivity index (χ0) is 15.8. The standard InChI is InChI=1S/C18H25N3O2/c1-12(2)18-20-14-9-16-17(23-11-22-16)10-15(14)21(18)8-6-13-5-3-4-7-19-13/h9-10,12-13,19H,3-8,11H2,1-2H3. The van der Waals surface area contributed by atoms with Crippen LogP contribution in [0.5, 0.6) is 11.5 Å². The molecular formula is C18H25N3O2. The van der Waals surface area contributed by atoms with E-state index in [2.05, 4.69) is 29.8 Å². The van der Waals surface area contributed by atoms with Crippen LogP contribution in [0.3, 0.4) is 0 Å². The molecule has 0 spiro atoms. The zero-order valence-electron chi connectivity index (χ0n) is 14.0. The molecule has 2 aliphatic rings. The van der Waals surface area contributed by atoms with Gasteiger partial charge in [0.25, 0.3) is 0 Å². The quantitative estimate of drug-likeness (QED) is 0.939. The highest BCUT2D eigenvalue weighted by Crippen LogP contribution is 2.37. The van der Waals surface area contributed by atoms with Crippen molar-refractivity contribution in [3.8, 4) is 11.5 Å². The first-order chi connectivity index (χ1) is 11.2. The number of aromatic nitrogens is 2. The third-order valence-corrected chi connectivity index (χ3v) is 4.90. The molecule has 1 N–H and O–H groups in total. The van der Waals surface area contributed by atoms with E-state index in [0.717, 1.165) is 47.9 Å². The van der Waals surface area contributed by atoms with Crippen molar-refractivity contribution in [2.75, 3.05) is 13.3 Å². The van der Waals surface area contributed by atoms with Gasteiger partial charge < -0.3 is 19.4 Å². The van der Waals surface area contributed by atoms with Gasteiger partial charge in [0.05, 0.1) is 11.0 Å². The first-order valence-electron chi connectivity index (χ1n) is 8.75. The SMILES string of the molecule is CC(C)c1nc2cc3c(cc2n1CCC1CCCCN1)OCO3. The number of nitrogens with zero attached hydrogens (tertiary/aromatic N) is 2. The fourth-order valence-corrected chi connectivity index (χ4v) is 3.66. The Kier molecular flexibility index (Phi) is 3.89. The van der Waals surface area contributed by atoms with E-state index in [9.17, 15) is 0 Å². The van der Waals surface area contributed by atoms with Crippen LogP contribution in [0.2, 0.25) is 0 Å². The Balaban J connectivity index is 1.66. The largest absolute Gasteiger partial charge is 0.454 e. The average molecular weight is 315 g/mol. The molecule has 0 saturated carbocycles. The van der Waals surface area contributed by atoms with Crippen LogP contribution in [0.25, 0.3) is 11.0 Å². The van der Waals surface area contributed by atoms with E-state index in [-0.39, 0.29) is 0 Å². The minimum absolute atomic E-state index is 0.310. The summed E-state index contributed by atoms with van der Waals surface area (Å²) in [6, 6.07) is 4.74. The molecule has 2 aliphatic heterocycles. The van der Waals surface area contributed by atoms with Gasteiger partial charge in [-0.05, 0) is 25.8 Å². The minimum atomic E-state index is 0.310. The number of benzene rings is 1. The van der Waals surface area contributed by atoms with Crippen LogP contribution in [0.15, 0.2) is 12.1 Å². The lowest BCUT2D eigenvalue weighted by molar-refractivity contribution is 0.174. The van der Waals surface area contributed by atoms with Gasteiger partial charge in [0.15, 0.2) is 11.5 Å². The second-order valence-electron chi connectivity index (χ2n) is 6.91. The smallest absolute Gasteiger partial charge is 0.231 e. The minimum Gasteiger partial charge on any atom is -0.454 e. The van der Waals surface area contributed by atoms with Crippen molar-refractivity contribution in [1.82, 2.24) is 14.9 Å². The number of aryl methyl sites for hydroxylation is 1. The van der Waals surface area contributed by atoms with Crippen molar-refractivity contribution in [3.63, 3.8) is 0 Å². The Morgan fingerprint density at radius 1 is 1.26 bits per heavy atom. The van der Waals surface area contributed by atoms with E-state index in [1.54, 1.807) is 0 Å². The lowest BCUT2D eigenvalue weighted by Gasteiger charge is -2.24. The molecule has 1 aromatic heterocycles.